The lowest BCUT2D eigenvalue weighted by atomic mass is 10.1. The molecule has 0 bridgehead atoms. The van der Waals surface area contributed by atoms with Gasteiger partial charge < -0.3 is 5.73 Å². The second kappa shape index (κ2) is 3.13. The van der Waals surface area contributed by atoms with Crippen LogP contribution in [-0.4, -0.2) is 0 Å². The van der Waals surface area contributed by atoms with Crippen molar-refractivity contribution in [1.82, 2.24) is 0 Å². The minimum absolute atomic E-state index is 1.15. The maximum atomic E-state index is 5.20. The van der Waals surface area contributed by atoms with Crippen LogP contribution in [0, 0.1) is 0 Å². The molecule has 48 valence electrons. The van der Waals surface area contributed by atoms with Gasteiger partial charge in [0, 0.05) is 0 Å². The highest BCUT2D eigenvalue weighted by Crippen LogP contribution is 2.09. The molecule has 1 aliphatic carbocycles. The van der Waals surface area contributed by atoms with Crippen molar-refractivity contribution in [2.75, 3.05) is 0 Å². The summed E-state index contributed by atoms with van der Waals surface area (Å²) in [6.45, 7) is 0. The highest BCUT2D eigenvalue weighted by molar-refractivity contribution is 5.32. The third kappa shape index (κ3) is 1.76. The van der Waals surface area contributed by atoms with Crippen molar-refractivity contribution in [2.45, 2.75) is 12.8 Å². The van der Waals surface area contributed by atoms with E-state index in [2.05, 4.69) is 18.2 Å². The molecule has 1 nitrogen and oxygen atoms in total. The summed E-state index contributed by atoms with van der Waals surface area (Å²) in [5.74, 6) is 0. The fourth-order valence-corrected chi connectivity index (χ4v) is 0.868. The molecule has 0 fully saturated rings. The predicted molar refractivity (Wildman–Crippen MR) is 39.8 cm³/mol. The molecule has 1 heteroatoms. The minimum Gasteiger partial charge on any atom is -0.405 e. The Labute approximate surface area is 55.6 Å². The average Bonchev–Trinajstić information content (AvgIpc) is 1.91. The van der Waals surface area contributed by atoms with Crippen LogP contribution in [0.4, 0.5) is 0 Å². The van der Waals surface area contributed by atoms with Crippen LogP contribution in [0.15, 0.2) is 36.1 Å². The Morgan fingerprint density at radius 2 is 2.33 bits per heavy atom. The zero-order valence-corrected chi connectivity index (χ0v) is 5.38. The largest absolute Gasteiger partial charge is 0.405 e. The Morgan fingerprint density at radius 3 is 2.89 bits per heavy atom. The van der Waals surface area contributed by atoms with E-state index < -0.39 is 0 Å². The lowest BCUT2D eigenvalue weighted by molar-refractivity contribution is 1.02. The third-order valence-corrected chi connectivity index (χ3v) is 1.31. The van der Waals surface area contributed by atoms with Crippen LogP contribution >= 0.6 is 0 Å². The van der Waals surface area contributed by atoms with Crippen LogP contribution in [0.25, 0.3) is 0 Å². The molecule has 0 saturated heterocycles. The molecule has 1 aliphatic rings. The first kappa shape index (κ1) is 6.14. The van der Waals surface area contributed by atoms with Gasteiger partial charge in [0.05, 0.1) is 0 Å². The SMILES string of the molecule is N/C=C/C1=CCCC=C1. The molecule has 0 unspecified atom stereocenters. The fourth-order valence-electron chi connectivity index (χ4n) is 0.868. The molecule has 2 N–H and O–H groups in total. The van der Waals surface area contributed by atoms with E-state index in [9.17, 15) is 0 Å². The number of nitrogens with two attached hydrogens (primary N) is 1. The van der Waals surface area contributed by atoms with E-state index in [1.54, 1.807) is 6.20 Å². The Balaban J connectivity index is 2.58. The lowest BCUT2D eigenvalue weighted by Crippen LogP contribution is -1.82. The standard InChI is InChI=1S/C8H11N/c9-7-6-8-4-2-1-3-5-8/h2,4-7H,1,3,9H2/b7-6+. The predicted octanol–water partition coefficient (Wildman–Crippen LogP) is 1.74. The van der Waals surface area contributed by atoms with Gasteiger partial charge in [-0.3, -0.25) is 0 Å². The van der Waals surface area contributed by atoms with Crippen molar-refractivity contribution in [1.29, 1.82) is 0 Å². The lowest BCUT2D eigenvalue weighted by Gasteiger charge is -1.98. The van der Waals surface area contributed by atoms with Crippen LogP contribution in [0.3, 0.4) is 0 Å². The molecular formula is C8H11N. The van der Waals surface area contributed by atoms with Crippen molar-refractivity contribution < 1.29 is 0 Å². The summed E-state index contributed by atoms with van der Waals surface area (Å²) in [7, 11) is 0. The highest BCUT2D eigenvalue weighted by atomic mass is 14.5. The van der Waals surface area contributed by atoms with Crippen LogP contribution in [0.5, 0.6) is 0 Å². The smallest absolute Gasteiger partial charge is 0.00565 e. The molecule has 0 aromatic heterocycles. The van der Waals surface area contributed by atoms with Gasteiger partial charge in [-0.05, 0) is 30.7 Å². The van der Waals surface area contributed by atoms with Gasteiger partial charge in [-0.2, -0.15) is 0 Å². The van der Waals surface area contributed by atoms with Crippen LogP contribution in [-0.2, 0) is 0 Å². The van der Waals surface area contributed by atoms with Crippen LogP contribution in [0.1, 0.15) is 12.8 Å². The molecule has 0 aromatic carbocycles. The van der Waals surface area contributed by atoms with E-state index in [1.807, 2.05) is 6.08 Å². The van der Waals surface area contributed by atoms with E-state index in [0.717, 1.165) is 6.42 Å². The minimum atomic E-state index is 1.15. The summed E-state index contributed by atoms with van der Waals surface area (Å²) in [4.78, 5) is 0. The maximum Gasteiger partial charge on any atom is -0.00565 e. The van der Waals surface area contributed by atoms with Gasteiger partial charge in [-0.15, -0.1) is 0 Å². The van der Waals surface area contributed by atoms with Crippen molar-refractivity contribution in [2.24, 2.45) is 5.73 Å². The zero-order valence-electron chi connectivity index (χ0n) is 5.38. The molecule has 0 amide bonds. The second-order valence-corrected chi connectivity index (χ2v) is 2.04. The second-order valence-electron chi connectivity index (χ2n) is 2.04. The van der Waals surface area contributed by atoms with Gasteiger partial charge >= 0.3 is 0 Å². The van der Waals surface area contributed by atoms with Crippen molar-refractivity contribution in [3.8, 4) is 0 Å². The van der Waals surface area contributed by atoms with Crippen molar-refractivity contribution >= 4 is 0 Å². The van der Waals surface area contributed by atoms with E-state index >= 15 is 0 Å². The molecule has 0 spiro atoms. The molecule has 0 aromatic rings. The average molecular weight is 121 g/mol. The topological polar surface area (TPSA) is 26.0 Å². The molecule has 0 radical (unpaired) electrons. The Bertz CT molecular complexity index is 159. The number of hydrogen-bond acceptors (Lipinski definition) is 1. The van der Waals surface area contributed by atoms with Gasteiger partial charge in [0.25, 0.3) is 0 Å². The zero-order chi connectivity index (χ0) is 6.53. The quantitative estimate of drug-likeness (QED) is 0.561. The van der Waals surface area contributed by atoms with Crippen LogP contribution < -0.4 is 5.73 Å². The Morgan fingerprint density at radius 1 is 1.44 bits per heavy atom. The molecule has 0 atom stereocenters. The first-order chi connectivity index (χ1) is 4.43. The summed E-state index contributed by atoms with van der Waals surface area (Å²) < 4.78 is 0. The summed E-state index contributed by atoms with van der Waals surface area (Å²) >= 11 is 0. The molecule has 0 saturated carbocycles. The summed E-state index contributed by atoms with van der Waals surface area (Å²) in [5, 5.41) is 0. The number of rotatable bonds is 1. The number of allylic oxidation sites excluding steroid dienone is 5. The Hall–Kier alpha value is -0.980. The molecule has 0 aliphatic heterocycles. The monoisotopic (exact) mass is 121 g/mol. The van der Waals surface area contributed by atoms with Gasteiger partial charge in [-0.25, -0.2) is 0 Å². The fraction of sp³-hybridized carbons (Fsp3) is 0.250. The molecule has 0 heterocycles. The molecular weight excluding hydrogens is 110 g/mol. The van der Waals surface area contributed by atoms with E-state index in [0.29, 0.717) is 0 Å². The van der Waals surface area contributed by atoms with E-state index in [1.165, 1.54) is 12.0 Å². The van der Waals surface area contributed by atoms with Crippen LogP contribution in [0.2, 0.25) is 0 Å². The van der Waals surface area contributed by atoms with Gasteiger partial charge in [-0.1, -0.05) is 18.2 Å². The summed E-state index contributed by atoms with van der Waals surface area (Å²) in [5.41, 5.74) is 6.43. The van der Waals surface area contributed by atoms with E-state index in [4.69, 9.17) is 5.73 Å². The first-order valence-corrected chi connectivity index (χ1v) is 3.18. The summed E-state index contributed by atoms with van der Waals surface area (Å²) in [6, 6.07) is 0. The summed E-state index contributed by atoms with van der Waals surface area (Å²) in [6.07, 6.45) is 12.2. The number of hydrogen-bond donors (Lipinski definition) is 1. The van der Waals surface area contributed by atoms with E-state index in [-0.39, 0.29) is 0 Å². The first-order valence-electron chi connectivity index (χ1n) is 3.18. The normalized spacial score (nSPS) is 18.4. The molecule has 1 rings (SSSR count). The van der Waals surface area contributed by atoms with Gasteiger partial charge in [0.1, 0.15) is 0 Å². The third-order valence-electron chi connectivity index (χ3n) is 1.31. The van der Waals surface area contributed by atoms with Gasteiger partial charge in [0.2, 0.25) is 0 Å². The van der Waals surface area contributed by atoms with Crippen molar-refractivity contribution in [3.05, 3.63) is 36.1 Å². The van der Waals surface area contributed by atoms with Crippen molar-refractivity contribution in [3.63, 3.8) is 0 Å². The highest BCUT2D eigenvalue weighted by Gasteiger charge is 1.89. The Kier molecular flexibility index (Phi) is 2.13. The maximum absolute atomic E-state index is 5.20. The molecule has 9 heavy (non-hydrogen) atoms. The van der Waals surface area contributed by atoms with Gasteiger partial charge in [0.15, 0.2) is 0 Å².